The highest BCUT2D eigenvalue weighted by molar-refractivity contribution is 7.91. The number of pyridine rings is 1. The molecular formula is C24H24F2N6O3S. The number of aryl methyl sites for hydroxylation is 2. The van der Waals surface area contributed by atoms with Gasteiger partial charge in [0.15, 0.2) is 27.3 Å². The summed E-state index contributed by atoms with van der Waals surface area (Å²) in [6.07, 6.45) is 5.22. The second kappa shape index (κ2) is 10.2. The van der Waals surface area contributed by atoms with Crippen LogP contribution in [0.3, 0.4) is 0 Å². The minimum atomic E-state index is -4.00. The molecule has 3 aromatic heterocycles. The molecule has 4 rings (SSSR count). The van der Waals surface area contributed by atoms with E-state index in [1.165, 1.54) is 26.3 Å². The summed E-state index contributed by atoms with van der Waals surface area (Å²) in [4.78, 5) is 12.5. The van der Waals surface area contributed by atoms with E-state index < -0.39 is 44.3 Å². The summed E-state index contributed by atoms with van der Waals surface area (Å²) in [5, 5.41) is 6.99. The van der Waals surface area contributed by atoms with Crippen molar-refractivity contribution in [1.82, 2.24) is 29.7 Å². The average Bonchev–Trinajstić information content (AvgIpc) is 3.23. The molecule has 1 aromatic carbocycles. The van der Waals surface area contributed by atoms with Gasteiger partial charge in [-0.25, -0.2) is 27.2 Å². The summed E-state index contributed by atoms with van der Waals surface area (Å²) in [5.74, 6) is -2.37. The normalized spacial score (nSPS) is 13.5. The van der Waals surface area contributed by atoms with Crippen LogP contribution < -0.4 is 0 Å². The van der Waals surface area contributed by atoms with Gasteiger partial charge in [0.1, 0.15) is 29.2 Å². The lowest BCUT2D eigenvalue weighted by Crippen LogP contribution is -2.30. The summed E-state index contributed by atoms with van der Waals surface area (Å²) in [6.45, 7) is 5.07. The second-order valence-corrected chi connectivity index (χ2v) is 10.7. The highest BCUT2D eigenvalue weighted by atomic mass is 32.2. The van der Waals surface area contributed by atoms with Crippen LogP contribution in [0.25, 0.3) is 17.1 Å². The minimum absolute atomic E-state index is 0.0539. The van der Waals surface area contributed by atoms with E-state index in [2.05, 4.69) is 25.1 Å². The van der Waals surface area contributed by atoms with E-state index >= 15 is 0 Å². The molecule has 188 valence electrons. The monoisotopic (exact) mass is 514 g/mol. The Hall–Kier alpha value is -3.64. The third-order valence-electron chi connectivity index (χ3n) is 5.66. The van der Waals surface area contributed by atoms with Crippen molar-refractivity contribution in [2.45, 2.75) is 37.9 Å². The molecule has 0 aliphatic heterocycles. The number of aromatic nitrogens is 6. The van der Waals surface area contributed by atoms with Crippen LogP contribution in [0.4, 0.5) is 8.78 Å². The number of ether oxygens (including phenoxy) is 1. The molecule has 36 heavy (non-hydrogen) atoms. The largest absolute Gasteiger partial charge is 0.372 e. The van der Waals surface area contributed by atoms with Gasteiger partial charge in [-0.2, -0.15) is 0 Å². The van der Waals surface area contributed by atoms with Gasteiger partial charge in [0.05, 0.1) is 5.25 Å². The smallest absolute Gasteiger partial charge is 0.170 e. The Morgan fingerprint density at radius 2 is 1.67 bits per heavy atom. The number of nitrogens with zero attached hydrogens (tertiary/aromatic N) is 6. The first kappa shape index (κ1) is 25.5. The van der Waals surface area contributed by atoms with Crippen LogP contribution >= 0.6 is 0 Å². The van der Waals surface area contributed by atoms with Crippen LogP contribution in [0.15, 0.2) is 49.1 Å². The van der Waals surface area contributed by atoms with Gasteiger partial charge in [0.25, 0.3) is 0 Å². The highest BCUT2D eigenvalue weighted by Crippen LogP contribution is 2.30. The van der Waals surface area contributed by atoms with Crippen LogP contribution in [0, 0.1) is 25.5 Å². The third kappa shape index (κ3) is 5.00. The summed E-state index contributed by atoms with van der Waals surface area (Å²) in [5.41, 5.74) is 1.52. The summed E-state index contributed by atoms with van der Waals surface area (Å²) < 4.78 is 63.2. The molecule has 0 fully saturated rings. The zero-order valence-corrected chi connectivity index (χ0v) is 20.9. The fourth-order valence-corrected chi connectivity index (χ4v) is 5.19. The molecule has 0 spiro atoms. The van der Waals surface area contributed by atoms with E-state index in [1.807, 2.05) is 6.92 Å². The van der Waals surface area contributed by atoms with Crippen molar-refractivity contribution < 1.29 is 21.9 Å². The summed E-state index contributed by atoms with van der Waals surface area (Å²) >= 11 is 0. The number of sulfone groups is 1. The predicted octanol–water partition coefficient (Wildman–Crippen LogP) is 3.71. The molecule has 0 aliphatic rings. The van der Waals surface area contributed by atoms with E-state index in [0.717, 1.165) is 27.8 Å². The average molecular weight is 515 g/mol. The Kier molecular flexibility index (Phi) is 7.18. The minimum Gasteiger partial charge on any atom is -0.372 e. The first-order valence-corrected chi connectivity index (χ1v) is 12.7. The Morgan fingerprint density at radius 3 is 2.28 bits per heavy atom. The summed E-state index contributed by atoms with van der Waals surface area (Å²) in [6, 6.07) is 5.08. The van der Waals surface area contributed by atoms with Crippen molar-refractivity contribution in [2.24, 2.45) is 0 Å². The number of rotatable bonds is 8. The lowest BCUT2D eigenvalue weighted by atomic mass is 10.2. The maximum absolute atomic E-state index is 14.9. The quantitative estimate of drug-likeness (QED) is 0.350. The van der Waals surface area contributed by atoms with Gasteiger partial charge in [0, 0.05) is 37.5 Å². The maximum atomic E-state index is 14.9. The van der Waals surface area contributed by atoms with Crippen molar-refractivity contribution in [3.63, 3.8) is 0 Å². The molecule has 0 aliphatic carbocycles. The van der Waals surface area contributed by atoms with Crippen LogP contribution in [-0.4, -0.2) is 50.5 Å². The van der Waals surface area contributed by atoms with Gasteiger partial charge in [-0.1, -0.05) is 6.07 Å². The molecule has 9 nitrogen and oxygen atoms in total. The van der Waals surface area contributed by atoms with Gasteiger partial charge in [-0.05, 0) is 50.1 Å². The fourth-order valence-electron chi connectivity index (χ4n) is 3.77. The molecular weight excluding hydrogens is 490 g/mol. The van der Waals surface area contributed by atoms with Gasteiger partial charge >= 0.3 is 0 Å². The number of benzene rings is 1. The zero-order valence-electron chi connectivity index (χ0n) is 20.1. The van der Waals surface area contributed by atoms with Crippen molar-refractivity contribution in [1.29, 1.82) is 0 Å². The number of methoxy groups -OCH3 is 1. The van der Waals surface area contributed by atoms with Gasteiger partial charge in [0.2, 0.25) is 0 Å². The first-order chi connectivity index (χ1) is 17.1. The fraction of sp³-hybridized carbons (Fsp3) is 0.292. The summed E-state index contributed by atoms with van der Waals surface area (Å²) in [7, 11) is -2.64. The third-order valence-corrected chi connectivity index (χ3v) is 7.70. The molecule has 3 heterocycles. The van der Waals surface area contributed by atoms with Gasteiger partial charge in [-0.3, -0.25) is 9.55 Å². The lowest BCUT2D eigenvalue weighted by Gasteiger charge is -2.22. The second-order valence-electron chi connectivity index (χ2n) is 8.38. The lowest BCUT2D eigenvalue weighted by molar-refractivity contribution is 0.0947. The van der Waals surface area contributed by atoms with Crippen LogP contribution in [0.1, 0.15) is 35.8 Å². The molecule has 0 N–H and O–H groups in total. The molecule has 0 bridgehead atoms. The Labute approximate surface area is 207 Å². The van der Waals surface area contributed by atoms with Crippen LogP contribution in [0.5, 0.6) is 0 Å². The number of hydrogen-bond acceptors (Lipinski definition) is 8. The molecule has 0 radical (unpaired) electrons. The maximum Gasteiger partial charge on any atom is 0.170 e. The topological polar surface area (TPSA) is 113 Å². The molecule has 0 unspecified atom stereocenters. The molecule has 2 atom stereocenters. The van der Waals surface area contributed by atoms with E-state index in [0.29, 0.717) is 5.56 Å². The van der Waals surface area contributed by atoms with Crippen LogP contribution in [0.2, 0.25) is 0 Å². The molecule has 4 aromatic rings. The van der Waals surface area contributed by atoms with E-state index in [1.54, 1.807) is 31.6 Å². The van der Waals surface area contributed by atoms with Crippen molar-refractivity contribution >= 4 is 9.84 Å². The first-order valence-electron chi connectivity index (χ1n) is 11.0. The Morgan fingerprint density at radius 1 is 1.00 bits per heavy atom. The van der Waals surface area contributed by atoms with Crippen molar-refractivity contribution in [3.8, 4) is 17.1 Å². The Bertz CT molecular complexity index is 1470. The molecule has 12 heteroatoms. The molecule has 0 saturated carbocycles. The van der Waals surface area contributed by atoms with Crippen molar-refractivity contribution in [3.05, 3.63) is 83.5 Å². The predicted molar refractivity (Wildman–Crippen MR) is 128 cm³/mol. The number of halogens is 2. The van der Waals surface area contributed by atoms with E-state index in [4.69, 9.17) is 4.74 Å². The number of hydrogen-bond donors (Lipinski definition) is 0. The van der Waals surface area contributed by atoms with E-state index in [9.17, 15) is 17.2 Å². The van der Waals surface area contributed by atoms with Crippen molar-refractivity contribution in [2.75, 3.05) is 7.11 Å². The van der Waals surface area contributed by atoms with E-state index in [-0.39, 0.29) is 17.5 Å². The molecule has 0 amide bonds. The van der Waals surface area contributed by atoms with Gasteiger partial charge < -0.3 is 4.74 Å². The number of para-hydroxylation sites is 1. The zero-order chi connectivity index (χ0) is 26.0. The standard InChI is InChI=1S/C24H24F2N6O3S/c1-14-8-17(12-27-9-14)24-31-30-20(32(24)21-18(25)6-5-7-19(21)26)13-36(33,34)16(3)22(35-4)23-28-10-15(2)11-29-23/h5-12,16,22H,13H2,1-4H3/t16-,22-/m0/s1. The van der Waals surface area contributed by atoms with Gasteiger partial charge in [-0.15, -0.1) is 10.2 Å². The van der Waals surface area contributed by atoms with Crippen LogP contribution in [-0.2, 0) is 20.3 Å². The Balaban J connectivity index is 1.80. The highest BCUT2D eigenvalue weighted by Gasteiger charge is 2.35. The SMILES string of the molecule is CO[C@H](c1ncc(C)cn1)[C@H](C)S(=O)(=O)Cc1nnc(-c2cncc(C)c2)n1-c1c(F)cccc1F. The molecule has 0 saturated heterocycles.